The van der Waals surface area contributed by atoms with Crippen molar-refractivity contribution in [1.82, 2.24) is 0 Å². The minimum absolute atomic E-state index is 0.0712. The molecule has 5 atom stereocenters. The van der Waals surface area contributed by atoms with Gasteiger partial charge < -0.3 is 34.6 Å². The quantitative estimate of drug-likeness (QED) is 0.0458. The fourth-order valence-electron chi connectivity index (χ4n) is 8.65. The van der Waals surface area contributed by atoms with Crippen LogP contribution in [0.2, 0.25) is 0 Å². The number of aliphatic hydroxyl groups excluding tert-OH is 3. The Kier molecular flexibility index (Phi) is 25.6. The van der Waals surface area contributed by atoms with E-state index in [9.17, 15) is 24.9 Å². The molecule has 0 saturated heterocycles. The molecule has 0 spiro atoms. The van der Waals surface area contributed by atoms with E-state index < -0.39 is 42.3 Å². The molecular formula is C51H88O9. The first-order valence-corrected chi connectivity index (χ1v) is 24.2. The second kappa shape index (κ2) is 28.7. The van der Waals surface area contributed by atoms with Crippen molar-refractivity contribution < 1.29 is 44.2 Å². The van der Waals surface area contributed by atoms with Crippen LogP contribution in [0.15, 0.2) is 11.5 Å². The number of esters is 2. The van der Waals surface area contributed by atoms with Gasteiger partial charge in [-0.3, -0.25) is 4.79 Å². The van der Waals surface area contributed by atoms with Crippen LogP contribution in [0, 0.1) is 38.5 Å². The smallest absolute Gasteiger partial charge is 0.378 e. The molecule has 346 valence electrons. The number of fused-ring (bicyclic) bond motifs is 1. The topological polar surface area (TPSA) is 143 Å². The Morgan fingerprint density at radius 3 is 1.80 bits per heavy atom. The second-order valence-corrected chi connectivity index (χ2v) is 19.2. The van der Waals surface area contributed by atoms with E-state index in [4.69, 9.17) is 19.3 Å². The molecular weight excluding hydrogens is 757 g/mol. The first-order chi connectivity index (χ1) is 28.5. The SMILES string of the molecule is CCCCCCCCCCCCCCCC(=O)OC1=C(O)C(=O)O[C@@H]1[C@@H](O)CO.Cc1c(C)c2c(c(C)c1O)CC[C@@](C)(CCC[C@H](C)CCC[C@H](C)CCCC(C)C)O2. The molecule has 1 aromatic rings. The summed E-state index contributed by atoms with van der Waals surface area (Å²) in [6, 6.07) is 0. The van der Waals surface area contributed by atoms with Crippen molar-refractivity contribution in [3.05, 3.63) is 33.8 Å². The third-order valence-corrected chi connectivity index (χ3v) is 13.0. The molecule has 9 heteroatoms. The molecule has 9 nitrogen and oxygen atoms in total. The summed E-state index contributed by atoms with van der Waals surface area (Å²) in [6.45, 7) is 19.5. The predicted octanol–water partition coefficient (Wildman–Crippen LogP) is 12.9. The number of hydrogen-bond donors (Lipinski definition) is 4. The largest absolute Gasteiger partial charge is 0.507 e. The molecule has 0 unspecified atom stereocenters. The summed E-state index contributed by atoms with van der Waals surface area (Å²) in [5.74, 6) is 1.11. The van der Waals surface area contributed by atoms with Crippen LogP contribution >= 0.6 is 0 Å². The summed E-state index contributed by atoms with van der Waals surface area (Å²) in [4.78, 5) is 23.3. The van der Waals surface area contributed by atoms with Crippen molar-refractivity contribution in [2.75, 3.05) is 6.61 Å². The van der Waals surface area contributed by atoms with Crippen LogP contribution in [-0.4, -0.2) is 56.8 Å². The molecule has 3 rings (SSSR count). The first kappa shape index (κ1) is 53.4. The summed E-state index contributed by atoms with van der Waals surface area (Å²) < 4.78 is 16.3. The van der Waals surface area contributed by atoms with Gasteiger partial charge in [0.15, 0.2) is 6.10 Å². The van der Waals surface area contributed by atoms with Gasteiger partial charge in [-0.1, -0.05) is 157 Å². The maximum Gasteiger partial charge on any atom is 0.378 e. The minimum Gasteiger partial charge on any atom is -0.507 e. The molecule has 4 N–H and O–H groups in total. The van der Waals surface area contributed by atoms with Crippen LogP contribution in [0.25, 0.3) is 0 Å². The summed E-state index contributed by atoms with van der Waals surface area (Å²) >= 11 is 0. The molecule has 0 amide bonds. The number of rotatable bonds is 29. The lowest BCUT2D eigenvalue weighted by Gasteiger charge is -2.38. The number of ether oxygens (including phenoxy) is 3. The zero-order chi connectivity index (χ0) is 44.7. The maximum atomic E-state index is 11.9. The van der Waals surface area contributed by atoms with E-state index in [0.29, 0.717) is 12.2 Å². The monoisotopic (exact) mass is 845 g/mol. The molecule has 2 aliphatic rings. The van der Waals surface area contributed by atoms with Gasteiger partial charge >= 0.3 is 11.9 Å². The Balaban J connectivity index is 0.000000415. The molecule has 1 aromatic carbocycles. The highest BCUT2D eigenvalue weighted by Gasteiger charge is 2.41. The van der Waals surface area contributed by atoms with Crippen molar-refractivity contribution in [3.8, 4) is 11.5 Å². The Bertz CT molecular complexity index is 1430. The van der Waals surface area contributed by atoms with E-state index in [-0.39, 0.29) is 12.0 Å². The van der Waals surface area contributed by atoms with Gasteiger partial charge in [0.25, 0.3) is 0 Å². The number of aliphatic hydroxyl groups is 3. The Morgan fingerprint density at radius 2 is 1.27 bits per heavy atom. The van der Waals surface area contributed by atoms with Crippen molar-refractivity contribution in [2.24, 2.45) is 17.8 Å². The van der Waals surface area contributed by atoms with E-state index in [2.05, 4.69) is 48.5 Å². The molecule has 2 aliphatic heterocycles. The predicted molar refractivity (Wildman–Crippen MR) is 243 cm³/mol. The number of aromatic hydroxyl groups is 1. The van der Waals surface area contributed by atoms with E-state index in [1.165, 1.54) is 115 Å². The highest BCUT2D eigenvalue weighted by Crippen LogP contribution is 2.44. The summed E-state index contributed by atoms with van der Waals surface area (Å²) in [5.41, 5.74) is 4.23. The fraction of sp³-hybridized carbons (Fsp3) is 0.804. The van der Waals surface area contributed by atoms with Crippen LogP contribution in [0.3, 0.4) is 0 Å². The average molecular weight is 845 g/mol. The number of carbonyl (C=O) groups is 2. The Morgan fingerprint density at radius 1 is 0.750 bits per heavy atom. The molecule has 0 saturated carbocycles. The van der Waals surface area contributed by atoms with Crippen molar-refractivity contribution in [2.45, 2.75) is 241 Å². The standard InChI is InChI=1S/C29H50O2.C22H38O7/c1-20(2)12-9-13-21(3)14-10-15-22(4)16-11-18-29(8)19-17-26-25(7)27(30)23(5)24(6)28(26)31-29;1-2-3-4-5-6-7-8-9-10-11-12-13-14-15-18(25)28-21-19(26)22(27)29-20(21)17(24)16-23/h20-22,30H,9-19H2,1-8H3;17,20,23-24,26H,2-16H2,1H3/t21-,22-,29-;17-,20+/m10/s1. The third kappa shape index (κ3) is 19.1. The number of benzene rings is 1. The van der Waals surface area contributed by atoms with Gasteiger partial charge in [-0.05, 0) is 94.2 Å². The number of carbonyl (C=O) groups excluding carboxylic acids is 2. The molecule has 0 bridgehead atoms. The number of phenols is 1. The lowest BCUT2D eigenvalue weighted by molar-refractivity contribution is -0.151. The molecule has 0 aromatic heterocycles. The van der Waals surface area contributed by atoms with Gasteiger partial charge in [-0.2, -0.15) is 0 Å². The van der Waals surface area contributed by atoms with Crippen LogP contribution in [0.5, 0.6) is 11.5 Å². The molecule has 0 aliphatic carbocycles. The third-order valence-electron chi connectivity index (χ3n) is 13.0. The average Bonchev–Trinajstić information content (AvgIpc) is 3.49. The normalized spacial score (nSPS) is 19.0. The molecule has 0 radical (unpaired) electrons. The van der Waals surface area contributed by atoms with Gasteiger partial charge in [0.1, 0.15) is 23.2 Å². The Labute approximate surface area is 365 Å². The van der Waals surface area contributed by atoms with E-state index in [1.54, 1.807) is 0 Å². The van der Waals surface area contributed by atoms with Crippen molar-refractivity contribution >= 4 is 11.9 Å². The van der Waals surface area contributed by atoms with E-state index >= 15 is 0 Å². The highest BCUT2D eigenvalue weighted by atomic mass is 16.6. The maximum absolute atomic E-state index is 11.9. The van der Waals surface area contributed by atoms with E-state index in [1.807, 2.05) is 13.8 Å². The van der Waals surface area contributed by atoms with Gasteiger partial charge in [-0.25, -0.2) is 4.79 Å². The lowest BCUT2D eigenvalue weighted by atomic mass is 9.84. The lowest BCUT2D eigenvalue weighted by Crippen LogP contribution is -2.37. The van der Waals surface area contributed by atoms with Crippen LogP contribution < -0.4 is 4.74 Å². The van der Waals surface area contributed by atoms with Crippen molar-refractivity contribution in [3.63, 3.8) is 0 Å². The van der Waals surface area contributed by atoms with Crippen LogP contribution in [0.1, 0.15) is 218 Å². The number of hydrogen-bond acceptors (Lipinski definition) is 9. The van der Waals surface area contributed by atoms with Gasteiger partial charge in [0.2, 0.25) is 11.5 Å². The van der Waals surface area contributed by atoms with Gasteiger partial charge in [0, 0.05) is 12.0 Å². The summed E-state index contributed by atoms with van der Waals surface area (Å²) in [6.07, 6.45) is 27.0. The molecule has 60 heavy (non-hydrogen) atoms. The summed E-state index contributed by atoms with van der Waals surface area (Å²) in [7, 11) is 0. The van der Waals surface area contributed by atoms with Gasteiger partial charge in [0.05, 0.1) is 6.61 Å². The number of unbranched alkanes of at least 4 members (excludes halogenated alkanes) is 12. The minimum atomic E-state index is -1.46. The first-order valence-electron chi connectivity index (χ1n) is 24.2. The zero-order valence-corrected chi connectivity index (χ0v) is 39.6. The van der Waals surface area contributed by atoms with Crippen LogP contribution in [0.4, 0.5) is 0 Å². The second-order valence-electron chi connectivity index (χ2n) is 19.2. The number of phenolic OH excluding ortho intramolecular Hbond substituents is 1. The Hall–Kier alpha value is -2.78. The number of cyclic esters (lactones) is 1. The fourth-order valence-corrected chi connectivity index (χ4v) is 8.65. The van der Waals surface area contributed by atoms with Crippen LogP contribution in [-0.2, 0) is 25.5 Å². The molecule has 0 fully saturated rings. The molecule has 2 heterocycles. The summed E-state index contributed by atoms with van der Waals surface area (Å²) in [5, 5.41) is 38.6. The van der Waals surface area contributed by atoms with Gasteiger partial charge in [-0.15, -0.1) is 0 Å². The highest BCUT2D eigenvalue weighted by molar-refractivity contribution is 5.90. The zero-order valence-electron chi connectivity index (χ0n) is 39.6. The van der Waals surface area contributed by atoms with E-state index in [0.717, 1.165) is 78.7 Å². The van der Waals surface area contributed by atoms with Crippen molar-refractivity contribution in [1.29, 1.82) is 0 Å².